The number of nitrogens with zero attached hydrogens (tertiary/aromatic N) is 2. The summed E-state index contributed by atoms with van der Waals surface area (Å²) in [7, 11) is 3.27. The van der Waals surface area contributed by atoms with Gasteiger partial charge in [0.2, 0.25) is 0 Å². The van der Waals surface area contributed by atoms with E-state index in [2.05, 4.69) is 5.10 Å². The number of methoxy groups -OCH3 is 2. The Hall–Kier alpha value is -3.28. The van der Waals surface area contributed by atoms with Gasteiger partial charge in [-0.15, -0.1) is 0 Å². The molecule has 3 aromatic rings. The minimum absolute atomic E-state index is 0.104. The molecule has 1 aliphatic carbocycles. The number of aromatic nitrogens is 2. The number of nitrogens with one attached hydrogen (secondary N) is 1. The summed E-state index contributed by atoms with van der Waals surface area (Å²) in [5.74, 6) is 1.52. The Labute approximate surface area is 182 Å². The van der Waals surface area contributed by atoms with Gasteiger partial charge in [-0.05, 0) is 68.3 Å². The lowest BCUT2D eigenvalue weighted by molar-refractivity contribution is 0.414. The van der Waals surface area contributed by atoms with Gasteiger partial charge in [0.15, 0.2) is 0 Å². The second-order valence-corrected chi connectivity index (χ2v) is 7.94. The van der Waals surface area contributed by atoms with Gasteiger partial charge in [0.25, 0.3) is 5.56 Å². The number of H-pyrrole nitrogens is 1. The van der Waals surface area contributed by atoms with E-state index in [1.54, 1.807) is 18.9 Å². The molecular weight excluding hydrogens is 390 g/mol. The zero-order valence-corrected chi connectivity index (χ0v) is 18.4. The topological polar surface area (TPSA) is 68.6 Å². The van der Waals surface area contributed by atoms with Crippen LogP contribution in [0.15, 0.2) is 58.3 Å². The molecule has 1 aromatic heterocycles. The van der Waals surface area contributed by atoms with E-state index in [9.17, 15) is 4.79 Å². The molecule has 6 heteroatoms. The lowest BCUT2D eigenvalue weighted by Gasteiger charge is -2.18. The Morgan fingerprint density at radius 3 is 2.10 bits per heavy atom. The molecule has 0 amide bonds. The molecule has 0 saturated heterocycles. The van der Waals surface area contributed by atoms with Crippen LogP contribution in [0.4, 0.5) is 0 Å². The normalized spacial score (nSPS) is 15.1. The first-order valence-electron chi connectivity index (χ1n) is 10.8. The highest BCUT2D eigenvalue weighted by Crippen LogP contribution is 2.26. The monoisotopic (exact) mass is 419 g/mol. The molecule has 0 atom stereocenters. The quantitative estimate of drug-likeness (QED) is 0.572. The van der Waals surface area contributed by atoms with Crippen molar-refractivity contribution < 1.29 is 9.47 Å². The molecule has 0 unspecified atom stereocenters. The zero-order chi connectivity index (χ0) is 21.8. The van der Waals surface area contributed by atoms with Crippen molar-refractivity contribution in [2.45, 2.75) is 45.1 Å². The van der Waals surface area contributed by atoms with Crippen molar-refractivity contribution in [3.8, 4) is 28.4 Å². The van der Waals surface area contributed by atoms with Crippen LogP contribution in [0, 0.1) is 0 Å². The lowest BCUT2D eigenvalue weighted by Crippen LogP contribution is -2.21. The SMILES string of the molecule is COc1ccc(-c2[nH]n(-c3ccc(OC)cc3)c(=O)c2C(C)=NC2CCCCC2)cc1. The van der Waals surface area contributed by atoms with Crippen molar-refractivity contribution in [2.24, 2.45) is 4.99 Å². The second kappa shape index (κ2) is 9.25. The van der Waals surface area contributed by atoms with Gasteiger partial charge in [0.1, 0.15) is 11.5 Å². The largest absolute Gasteiger partial charge is 0.497 e. The number of benzene rings is 2. The smallest absolute Gasteiger partial charge is 0.280 e. The van der Waals surface area contributed by atoms with Gasteiger partial charge in [0, 0.05) is 11.3 Å². The molecule has 1 fully saturated rings. The summed E-state index contributed by atoms with van der Waals surface area (Å²) in [6, 6.07) is 15.4. The van der Waals surface area contributed by atoms with E-state index in [1.807, 2.05) is 55.5 Å². The van der Waals surface area contributed by atoms with Gasteiger partial charge < -0.3 is 9.47 Å². The molecule has 4 rings (SSSR count). The highest BCUT2D eigenvalue weighted by Gasteiger charge is 2.21. The first kappa shape index (κ1) is 21.0. The van der Waals surface area contributed by atoms with Crippen molar-refractivity contribution in [3.05, 3.63) is 64.4 Å². The molecule has 6 nitrogen and oxygen atoms in total. The maximum absolute atomic E-state index is 13.5. The predicted octanol–water partition coefficient (Wildman–Crippen LogP) is 4.99. The van der Waals surface area contributed by atoms with Gasteiger partial charge >= 0.3 is 0 Å². The molecule has 1 saturated carbocycles. The number of ether oxygens (including phenoxy) is 2. The number of hydrogen-bond donors (Lipinski definition) is 1. The van der Waals surface area contributed by atoms with Crippen LogP contribution >= 0.6 is 0 Å². The van der Waals surface area contributed by atoms with Crippen molar-refractivity contribution in [2.75, 3.05) is 14.2 Å². The fourth-order valence-corrected chi connectivity index (χ4v) is 4.20. The van der Waals surface area contributed by atoms with Crippen molar-refractivity contribution >= 4 is 5.71 Å². The molecular formula is C25H29N3O3. The molecule has 2 aromatic carbocycles. The number of rotatable bonds is 6. The van der Waals surface area contributed by atoms with Crippen LogP contribution in [-0.4, -0.2) is 35.8 Å². The van der Waals surface area contributed by atoms with Crippen LogP contribution in [-0.2, 0) is 0 Å². The third-order valence-electron chi connectivity index (χ3n) is 5.91. The first-order chi connectivity index (χ1) is 15.1. The molecule has 0 spiro atoms. The Bertz CT molecular complexity index is 1100. The standard InChI is InChI=1S/C25H29N3O3/c1-17(26-19-7-5-4-6-8-19)23-24(18-9-13-21(30-2)14-10-18)27-28(25(23)29)20-11-15-22(31-3)16-12-20/h9-16,19,27H,4-8H2,1-3H3. The highest BCUT2D eigenvalue weighted by molar-refractivity contribution is 6.03. The predicted molar refractivity (Wildman–Crippen MR) is 124 cm³/mol. The van der Waals surface area contributed by atoms with Crippen LogP contribution < -0.4 is 15.0 Å². The minimum atomic E-state index is -0.104. The average Bonchev–Trinajstić information content (AvgIpc) is 3.17. The lowest BCUT2D eigenvalue weighted by atomic mass is 9.95. The van der Waals surface area contributed by atoms with E-state index in [4.69, 9.17) is 14.5 Å². The first-order valence-corrected chi connectivity index (χ1v) is 10.8. The van der Waals surface area contributed by atoms with E-state index in [1.165, 1.54) is 19.3 Å². The van der Waals surface area contributed by atoms with Gasteiger partial charge in [-0.2, -0.15) is 0 Å². The maximum Gasteiger partial charge on any atom is 0.280 e. The Morgan fingerprint density at radius 1 is 0.935 bits per heavy atom. The fourth-order valence-electron chi connectivity index (χ4n) is 4.20. The Kier molecular flexibility index (Phi) is 6.26. The molecule has 1 heterocycles. The van der Waals surface area contributed by atoms with E-state index in [-0.39, 0.29) is 5.56 Å². The molecule has 0 radical (unpaired) electrons. The van der Waals surface area contributed by atoms with Crippen molar-refractivity contribution in [1.29, 1.82) is 0 Å². The average molecular weight is 420 g/mol. The molecule has 162 valence electrons. The van der Waals surface area contributed by atoms with Crippen LogP contribution in [0.5, 0.6) is 11.5 Å². The van der Waals surface area contributed by atoms with Gasteiger partial charge in [-0.3, -0.25) is 14.9 Å². The van der Waals surface area contributed by atoms with E-state index in [0.29, 0.717) is 11.6 Å². The summed E-state index contributed by atoms with van der Waals surface area (Å²) >= 11 is 0. The molecule has 1 aliphatic rings. The van der Waals surface area contributed by atoms with Crippen molar-refractivity contribution in [1.82, 2.24) is 9.78 Å². The number of aliphatic imine (C=N–C) groups is 1. The van der Waals surface area contributed by atoms with Crippen LogP contribution in [0.3, 0.4) is 0 Å². The van der Waals surface area contributed by atoms with Gasteiger partial charge in [-0.25, -0.2) is 4.68 Å². The van der Waals surface area contributed by atoms with Crippen LogP contribution in [0.1, 0.15) is 44.6 Å². The highest BCUT2D eigenvalue weighted by atomic mass is 16.5. The Morgan fingerprint density at radius 2 is 1.52 bits per heavy atom. The summed E-state index contributed by atoms with van der Waals surface area (Å²) in [5.41, 5.74) is 3.72. The number of hydrogen-bond acceptors (Lipinski definition) is 4. The molecule has 0 aliphatic heterocycles. The van der Waals surface area contributed by atoms with Gasteiger partial charge in [0.05, 0.1) is 37.2 Å². The summed E-state index contributed by atoms with van der Waals surface area (Å²) in [4.78, 5) is 18.5. The van der Waals surface area contributed by atoms with E-state index in [0.717, 1.165) is 47.0 Å². The molecule has 0 bridgehead atoms. The van der Waals surface area contributed by atoms with Crippen LogP contribution in [0.2, 0.25) is 0 Å². The zero-order valence-electron chi connectivity index (χ0n) is 18.4. The Balaban J connectivity index is 1.82. The summed E-state index contributed by atoms with van der Waals surface area (Å²) in [6.45, 7) is 1.95. The second-order valence-electron chi connectivity index (χ2n) is 7.94. The summed E-state index contributed by atoms with van der Waals surface area (Å²) in [6.07, 6.45) is 5.86. The minimum Gasteiger partial charge on any atom is -0.497 e. The summed E-state index contributed by atoms with van der Waals surface area (Å²) < 4.78 is 12.1. The molecule has 1 N–H and O–H groups in total. The molecule has 31 heavy (non-hydrogen) atoms. The van der Waals surface area contributed by atoms with E-state index >= 15 is 0 Å². The van der Waals surface area contributed by atoms with Gasteiger partial charge in [-0.1, -0.05) is 19.3 Å². The summed E-state index contributed by atoms with van der Waals surface area (Å²) in [5, 5.41) is 3.32. The third-order valence-corrected chi connectivity index (χ3v) is 5.91. The van der Waals surface area contributed by atoms with Crippen molar-refractivity contribution in [3.63, 3.8) is 0 Å². The van der Waals surface area contributed by atoms with Crippen LogP contribution in [0.25, 0.3) is 16.9 Å². The number of aromatic amines is 1. The third kappa shape index (κ3) is 4.43. The maximum atomic E-state index is 13.5. The fraction of sp³-hybridized carbons (Fsp3) is 0.360. The van der Waals surface area contributed by atoms with E-state index < -0.39 is 0 Å².